The van der Waals surface area contributed by atoms with Gasteiger partial charge in [-0.1, -0.05) is 30.3 Å². The van der Waals surface area contributed by atoms with E-state index in [9.17, 15) is 9.59 Å². The summed E-state index contributed by atoms with van der Waals surface area (Å²) < 4.78 is 7.29. The van der Waals surface area contributed by atoms with E-state index in [-0.39, 0.29) is 11.5 Å². The summed E-state index contributed by atoms with van der Waals surface area (Å²) in [7, 11) is 0. The molecular formula is C22H21N3O3S. The number of nitrogens with zero attached hydrogens (tertiary/aromatic N) is 2. The minimum atomic E-state index is -0.189. The quantitative estimate of drug-likeness (QED) is 0.530. The number of rotatable bonds is 6. The number of aromatic nitrogens is 2. The summed E-state index contributed by atoms with van der Waals surface area (Å²) in [5.41, 5.74) is 1.99. The van der Waals surface area contributed by atoms with E-state index in [1.165, 1.54) is 17.4 Å². The van der Waals surface area contributed by atoms with Gasteiger partial charge >= 0.3 is 0 Å². The van der Waals surface area contributed by atoms with Gasteiger partial charge in [-0.15, -0.1) is 11.3 Å². The summed E-state index contributed by atoms with van der Waals surface area (Å²) in [6.45, 7) is 4.59. The molecule has 2 aromatic carbocycles. The Kier molecular flexibility index (Phi) is 5.31. The molecule has 148 valence electrons. The lowest BCUT2D eigenvalue weighted by Crippen LogP contribution is -2.27. The van der Waals surface area contributed by atoms with Crippen molar-refractivity contribution in [3.05, 3.63) is 75.1 Å². The van der Waals surface area contributed by atoms with Gasteiger partial charge in [0.25, 0.3) is 11.5 Å². The number of thiazole rings is 1. The van der Waals surface area contributed by atoms with Gasteiger partial charge in [-0.2, -0.15) is 0 Å². The summed E-state index contributed by atoms with van der Waals surface area (Å²) in [5, 5.41) is 6.73. The Bertz CT molecular complexity index is 1260. The lowest BCUT2D eigenvalue weighted by atomic mass is 10.0. The van der Waals surface area contributed by atoms with Crippen LogP contribution in [-0.2, 0) is 6.42 Å². The van der Waals surface area contributed by atoms with Crippen LogP contribution in [0.2, 0.25) is 0 Å². The number of nitrogens with one attached hydrogen (secondary N) is 1. The summed E-state index contributed by atoms with van der Waals surface area (Å²) in [5.74, 6) is 0.381. The molecule has 2 aromatic heterocycles. The average Bonchev–Trinajstić information content (AvgIpc) is 3.11. The monoisotopic (exact) mass is 407 g/mol. The van der Waals surface area contributed by atoms with E-state index in [1.807, 2.05) is 48.7 Å². The van der Waals surface area contributed by atoms with E-state index in [4.69, 9.17) is 4.74 Å². The zero-order valence-electron chi connectivity index (χ0n) is 16.3. The third-order valence-electron chi connectivity index (χ3n) is 4.69. The fourth-order valence-electron chi connectivity index (χ4n) is 3.41. The highest BCUT2D eigenvalue weighted by molar-refractivity contribution is 7.15. The zero-order valence-corrected chi connectivity index (χ0v) is 17.1. The molecule has 7 heteroatoms. The number of fused-ring (bicyclic) bond motifs is 2. The molecule has 0 fully saturated rings. The Balaban J connectivity index is 1.57. The van der Waals surface area contributed by atoms with Gasteiger partial charge in [0.2, 0.25) is 0 Å². The normalized spacial score (nSPS) is 11.1. The highest BCUT2D eigenvalue weighted by Crippen LogP contribution is 2.28. The first-order valence-corrected chi connectivity index (χ1v) is 10.4. The maximum Gasteiger partial charge on any atom is 0.258 e. The third kappa shape index (κ3) is 3.73. The molecule has 0 radical (unpaired) electrons. The Labute approximate surface area is 171 Å². The number of hydrogen-bond acceptors (Lipinski definition) is 5. The van der Waals surface area contributed by atoms with Crippen LogP contribution in [0.4, 0.5) is 0 Å². The van der Waals surface area contributed by atoms with Crippen LogP contribution < -0.4 is 15.6 Å². The van der Waals surface area contributed by atoms with Crippen molar-refractivity contribution in [1.29, 1.82) is 0 Å². The van der Waals surface area contributed by atoms with Crippen molar-refractivity contribution in [2.45, 2.75) is 20.3 Å². The molecule has 0 saturated heterocycles. The maximum absolute atomic E-state index is 13.0. The summed E-state index contributed by atoms with van der Waals surface area (Å²) in [6.07, 6.45) is 0.533. The van der Waals surface area contributed by atoms with Gasteiger partial charge in [-0.25, -0.2) is 4.98 Å². The average molecular weight is 407 g/mol. The number of carbonyl (C=O) groups excluding carboxylic acids is 1. The minimum absolute atomic E-state index is 0.0947. The predicted octanol–water partition coefficient (Wildman–Crippen LogP) is 3.59. The van der Waals surface area contributed by atoms with Gasteiger partial charge in [0, 0.05) is 35.8 Å². The Hall–Kier alpha value is -3.19. The molecule has 0 bridgehead atoms. The van der Waals surface area contributed by atoms with Crippen LogP contribution in [0.25, 0.3) is 15.7 Å². The Morgan fingerprint density at radius 2 is 2.07 bits per heavy atom. The van der Waals surface area contributed by atoms with Crippen LogP contribution >= 0.6 is 11.3 Å². The first-order chi connectivity index (χ1) is 14.1. The van der Waals surface area contributed by atoms with E-state index >= 15 is 0 Å². The second kappa shape index (κ2) is 8.05. The standard InChI is InChI=1S/C22H21N3O3S/c1-3-28-18-9-8-15-6-4-5-7-17(15)20(18)21(27)23-11-10-16-13-29-22-24-14(2)12-19(26)25(16)22/h4-9,12-13H,3,10-11H2,1-2H3,(H,23,27). The van der Waals surface area contributed by atoms with Gasteiger partial charge in [0.15, 0.2) is 4.96 Å². The first kappa shape index (κ1) is 19.1. The van der Waals surface area contributed by atoms with Gasteiger partial charge in [0.05, 0.1) is 12.2 Å². The number of benzene rings is 2. The van der Waals surface area contributed by atoms with Crippen molar-refractivity contribution in [2.75, 3.05) is 13.2 Å². The molecule has 0 unspecified atom stereocenters. The fraction of sp³-hybridized carbons (Fsp3) is 0.227. The number of ether oxygens (including phenoxy) is 1. The van der Waals surface area contributed by atoms with E-state index in [2.05, 4.69) is 10.3 Å². The zero-order chi connectivity index (χ0) is 20.4. The largest absolute Gasteiger partial charge is 0.493 e. The smallest absolute Gasteiger partial charge is 0.258 e. The van der Waals surface area contributed by atoms with Gasteiger partial charge in [0.1, 0.15) is 5.75 Å². The Morgan fingerprint density at radius 3 is 2.90 bits per heavy atom. The van der Waals surface area contributed by atoms with Gasteiger partial charge in [-0.05, 0) is 30.7 Å². The molecule has 0 aliphatic heterocycles. The predicted molar refractivity (Wildman–Crippen MR) is 115 cm³/mol. The molecule has 29 heavy (non-hydrogen) atoms. The minimum Gasteiger partial charge on any atom is -0.493 e. The van der Waals surface area contributed by atoms with E-state index in [1.54, 1.807) is 11.3 Å². The van der Waals surface area contributed by atoms with Gasteiger partial charge in [-0.3, -0.25) is 14.0 Å². The molecule has 6 nitrogen and oxygen atoms in total. The molecule has 0 aliphatic carbocycles. The molecule has 0 spiro atoms. The van der Waals surface area contributed by atoms with Crippen molar-refractivity contribution in [3.63, 3.8) is 0 Å². The molecule has 4 rings (SSSR count). The molecule has 4 aromatic rings. The van der Waals surface area contributed by atoms with Crippen LogP contribution in [0.3, 0.4) is 0 Å². The lowest BCUT2D eigenvalue weighted by molar-refractivity contribution is 0.0952. The molecule has 0 aliphatic rings. The molecule has 2 heterocycles. The molecule has 1 N–H and O–H groups in total. The number of hydrogen-bond donors (Lipinski definition) is 1. The van der Waals surface area contributed by atoms with E-state index < -0.39 is 0 Å². The molecule has 1 amide bonds. The molecule has 0 saturated carbocycles. The van der Waals surface area contributed by atoms with Crippen LogP contribution in [0.5, 0.6) is 5.75 Å². The van der Waals surface area contributed by atoms with Crippen LogP contribution in [-0.4, -0.2) is 28.4 Å². The molecule has 0 atom stereocenters. The fourth-order valence-corrected chi connectivity index (χ4v) is 4.39. The summed E-state index contributed by atoms with van der Waals surface area (Å²) in [6, 6.07) is 13.1. The van der Waals surface area contributed by atoms with Crippen molar-refractivity contribution >= 4 is 33.0 Å². The number of aryl methyl sites for hydroxylation is 1. The highest BCUT2D eigenvalue weighted by atomic mass is 32.1. The number of amides is 1. The first-order valence-electron chi connectivity index (χ1n) is 9.48. The highest BCUT2D eigenvalue weighted by Gasteiger charge is 2.17. The van der Waals surface area contributed by atoms with E-state index in [0.717, 1.165) is 16.5 Å². The van der Waals surface area contributed by atoms with Crippen LogP contribution in [0, 0.1) is 6.92 Å². The second-order valence-corrected chi connectivity index (χ2v) is 7.52. The maximum atomic E-state index is 13.0. The van der Waals surface area contributed by atoms with Crippen molar-refractivity contribution in [2.24, 2.45) is 0 Å². The van der Waals surface area contributed by atoms with Crippen molar-refractivity contribution in [3.8, 4) is 5.75 Å². The lowest BCUT2D eigenvalue weighted by Gasteiger charge is -2.13. The van der Waals surface area contributed by atoms with Gasteiger partial charge < -0.3 is 10.1 Å². The molecular weight excluding hydrogens is 386 g/mol. The van der Waals surface area contributed by atoms with Crippen molar-refractivity contribution in [1.82, 2.24) is 14.7 Å². The third-order valence-corrected chi connectivity index (χ3v) is 5.56. The van der Waals surface area contributed by atoms with Crippen LogP contribution in [0.15, 0.2) is 52.6 Å². The Morgan fingerprint density at radius 1 is 1.24 bits per heavy atom. The van der Waals surface area contributed by atoms with Crippen molar-refractivity contribution < 1.29 is 9.53 Å². The number of carbonyl (C=O) groups is 1. The SMILES string of the molecule is CCOc1ccc2ccccc2c1C(=O)NCCc1csc2nc(C)cc(=O)n12. The van der Waals surface area contributed by atoms with E-state index in [0.29, 0.717) is 41.5 Å². The second-order valence-electron chi connectivity index (χ2n) is 6.68. The van der Waals surface area contributed by atoms with Crippen LogP contribution in [0.1, 0.15) is 28.7 Å². The topological polar surface area (TPSA) is 72.7 Å². The summed E-state index contributed by atoms with van der Waals surface area (Å²) in [4.78, 5) is 30.3. The summed E-state index contributed by atoms with van der Waals surface area (Å²) >= 11 is 1.43.